The summed E-state index contributed by atoms with van der Waals surface area (Å²) in [5, 5.41) is 10.6. The molecule has 0 radical (unpaired) electrons. The molecule has 0 bridgehead atoms. The number of hydrogen-bond acceptors (Lipinski definition) is 15. The fourth-order valence-corrected chi connectivity index (χ4v) is 11.6. The number of aliphatic hydroxyl groups excluding tert-OH is 1. The SMILES string of the molecule is CCC(C)CCCCCCCCCCCCCCCCC(=O)OC[C@H](COP(=O)(O)OC[C@@H](O)COP(=O)(O)OC[C@@H](COC(=O)CCCCCCCCC(C)CC)OC(=O)CCCCCCCCC(C)CC)OC(=O)CCCCCCCCC(C)C. The van der Waals surface area contributed by atoms with Crippen molar-refractivity contribution in [3.05, 3.63) is 0 Å². The molecule has 0 aromatic rings. The first-order valence-electron chi connectivity index (χ1n) is 35.3. The van der Waals surface area contributed by atoms with Gasteiger partial charge in [0.25, 0.3) is 0 Å². The second-order valence-corrected chi connectivity index (χ2v) is 28.7. The van der Waals surface area contributed by atoms with Crippen molar-refractivity contribution in [2.24, 2.45) is 23.7 Å². The van der Waals surface area contributed by atoms with Gasteiger partial charge in [-0.1, -0.05) is 280 Å². The third-order valence-corrected chi connectivity index (χ3v) is 18.6. The van der Waals surface area contributed by atoms with Gasteiger partial charge in [-0.05, 0) is 49.4 Å². The first kappa shape index (κ1) is 85.1. The third kappa shape index (κ3) is 58.9. The molecule has 0 amide bonds. The monoisotopic (exact) mass is 1280 g/mol. The van der Waals surface area contributed by atoms with Crippen molar-refractivity contribution >= 4 is 39.5 Å². The van der Waals surface area contributed by atoms with Gasteiger partial charge in [0.1, 0.15) is 19.3 Å². The molecule has 0 aliphatic carbocycles. The Morgan fingerprint density at radius 2 is 0.552 bits per heavy atom. The van der Waals surface area contributed by atoms with Crippen molar-refractivity contribution in [1.82, 2.24) is 0 Å². The maximum Gasteiger partial charge on any atom is 0.472 e. The second kappa shape index (κ2) is 57.9. The molecule has 0 saturated carbocycles. The highest BCUT2D eigenvalue weighted by Crippen LogP contribution is 2.45. The molecule has 3 N–H and O–H groups in total. The van der Waals surface area contributed by atoms with Crippen molar-refractivity contribution in [3.63, 3.8) is 0 Å². The highest BCUT2D eigenvalue weighted by molar-refractivity contribution is 7.47. The van der Waals surface area contributed by atoms with Gasteiger partial charge in [-0.15, -0.1) is 0 Å². The van der Waals surface area contributed by atoms with E-state index in [-0.39, 0.29) is 25.7 Å². The standard InChI is InChI=1S/C68H132O17P2/c1-9-59(6)45-37-29-20-18-16-14-12-13-15-17-19-21-32-40-48-65(70)78-54-63(84-67(72)50-42-34-25-22-28-36-44-58(4)5)56-82-86(74,75)80-52-62(69)53-81-87(76,77)83-57-64(85-68(73)51-43-35-27-24-31-39-47-61(8)11-3)55-79-66(71)49-41-33-26-23-30-38-46-60(7)10-2/h58-64,69H,9-57H2,1-8H3,(H,74,75)(H,76,77)/t59?,60?,61?,62-,63-,64-/m1/s1. The lowest BCUT2D eigenvalue weighted by Crippen LogP contribution is -2.30. The zero-order chi connectivity index (χ0) is 64.7. The van der Waals surface area contributed by atoms with E-state index in [1.165, 1.54) is 128 Å². The maximum atomic E-state index is 13.0. The predicted molar refractivity (Wildman–Crippen MR) is 349 cm³/mol. The molecule has 0 saturated heterocycles. The number of phosphoric ester groups is 2. The normalized spacial score (nSPS) is 15.3. The van der Waals surface area contributed by atoms with E-state index in [4.69, 9.17) is 37.0 Å². The molecule has 17 nitrogen and oxygen atoms in total. The van der Waals surface area contributed by atoms with Crippen LogP contribution < -0.4 is 0 Å². The van der Waals surface area contributed by atoms with Gasteiger partial charge in [0.15, 0.2) is 12.2 Å². The lowest BCUT2D eigenvalue weighted by molar-refractivity contribution is -0.161. The molecule has 0 spiro atoms. The number of esters is 4. The van der Waals surface area contributed by atoms with E-state index >= 15 is 0 Å². The molecular formula is C68H132O17P2. The number of rotatable bonds is 65. The Morgan fingerprint density at radius 1 is 0.322 bits per heavy atom. The van der Waals surface area contributed by atoms with Gasteiger partial charge in [-0.25, -0.2) is 9.13 Å². The number of aliphatic hydroxyl groups is 1. The van der Waals surface area contributed by atoms with Gasteiger partial charge < -0.3 is 33.8 Å². The van der Waals surface area contributed by atoms with E-state index < -0.39 is 97.5 Å². The molecule has 0 heterocycles. The quantitative estimate of drug-likeness (QED) is 0.0222. The van der Waals surface area contributed by atoms with Crippen LogP contribution in [0.5, 0.6) is 0 Å². The molecule has 5 unspecified atom stereocenters. The summed E-state index contributed by atoms with van der Waals surface area (Å²) in [5.74, 6) is 0.830. The number of phosphoric acid groups is 2. The average molecular weight is 1280 g/mol. The van der Waals surface area contributed by atoms with Crippen LogP contribution in [0.1, 0.15) is 331 Å². The van der Waals surface area contributed by atoms with Gasteiger partial charge >= 0.3 is 39.5 Å². The Labute approximate surface area is 530 Å². The van der Waals surface area contributed by atoms with Crippen LogP contribution in [0.4, 0.5) is 0 Å². The van der Waals surface area contributed by atoms with Crippen LogP contribution in [-0.4, -0.2) is 96.7 Å². The van der Waals surface area contributed by atoms with Crippen molar-refractivity contribution < 1.29 is 80.2 Å². The van der Waals surface area contributed by atoms with Gasteiger partial charge in [-0.2, -0.15) is 0 Å². The minimum absolute atomic E-state index is 0.101. The molecule has 0 aliphatic heterocycles. The summed E-state index contributed by atoms with van der Waals surface area (Å²) in [6.07, 6.45) is 39.2. The minimum Gasteiger partial charge on any atom is -0.462 e. The molecule has 19 heteroatoms. The van der Waals surface area contributed by atoms with Crippen molar-refractivity contribution in [3.8, 4) is 0 Å². The Bertz CT molecular complexity index is 1740. The molecular weight excluding hydrogens is 1150 g/mol. The zero-order valence-electron chi connectivity index (χ0n) is 56.6. The van der Waals surface area contributed by atoms with Crippen LogP contribution in [0.2, 0.25) is 0 Å². The van der Waals surface area contributed by atoms with Crippen molar-refractivity contribution in [2.75, 3.05) is 39.6 Å². The van der Waals surface area contributed by atoms with E-state index in [1.54, 1.807) is 0 Å². The highest BCUT2D eigenvalue weighted by atomic mass is 31.2. The molecule has 0 aromatic carbocycles. The van der Waals surface area contributed by atoms with Crippen molar-refractivity contribution in [2.45, 2.75) is 350 Å². The Kier molecular flexibility index (Phi) is 56.6. The van der Waals surface area contributed by atoms with E-state index in [0.29, 0.717) is 31.6 Å². The number of hydrogen-bond donors (Lipinski definition) is 3. The first-order chi connectivity index (χ1) is 41.7. The summed E-state index contributed by atoms with van der Waals surface area (Å²) in [6.45, 7) is 14.0. The van der Waals surface area contributed by atoms with Crippen LogP contribution in [0.15, 0.2) is 0 Å². The summed E-state index contributed by atoms with van der Waals surface area (Å²) in [7, 11) is -9.90. The highest BCUT2D eigenvalue weighted by Gasteiger charge is 2.30. The Balaban J connectivity index is 5.17. The lowest BCUT2D eigenvalue weighted by atomic mass is 9.99. The number of unbranched alkanes of at least 4 members (excludes halogenated alkanes) is 28. The van der Waals surface area contributed by atoms with Crippen molar-refractivity contribution in [1.29, 1.82) is 0 Å². The van der Waals surface area contributed by atoms with E-state index in [9.17, 15) is 43.2 Å². The Hall–Kier alpha value is -1.94. The summed E-state index contributed by atoms with van der Waals surface area (Å²) in [6, 6.07) is 0. The fraction of sp³-hybridized carbons (Fsp3) is 0.941. The first-order valence-corrected chi connectivity index (χ1v) is 38.3. The lowest BCUT2D eigenvalue weighted by Gasteiger charge is -2.21. The van der Waals surface area contributed by atoms with Gasteiger partial charge in [-0.3, -0.25) is 37.3 Å². The zero-order valence-corrected chi connectivity index (χ0v) is 58.4. The van der Waals surface area contributed by atoms with Crippen LogP contribution in [0.25, 0.3) is 0 Å². The van der Waals surface area contributed by atoms with Crippen LogP contribution in [0, 0.1) is 23.7 Å². The van der Waals surface area contributed by atoms with Crippen LogP contribution >= 0.6 is 15.6 Å². The average Bonchev–Trinajstić information content (AvgIpc) is 3.69. The topological polar surface area (TPSA) is 237 Å². The van der Waals surface area contributed by atoms with Gasteiger partial charge in [0.05, 0.1) is 26.4 Å². The Morgan fingerprint density at radius 3 is 0.816 bits per heavy atom. The smallest absolute Gasteiger partial charge is 0.462 e. The van der Waals surface area contributed by atoms with Crippen LogP contribution in [0.3, 0.4) is 0 Å². The molecule has 0 rings (SSSR count). The molecule has 0 aliphatic rings. The molecule has 8 atom stereocenters. The number of ether oxygens (including phenoxy) is 4. The second-order valence-electron chi connectivity index (χ2n) is 25.8. The predicted octanol–water partition coefficient (Wildman–Crippen LogP) is 18.9. The maximum absolute atomic E-state index is 13.0. The summed E-state index contributed by atoms with van der Waals surface area (Å²) >= 11 is 0. The summed E-state index contributed by atoms with van der Waals surface area (Å²) < 4.78 is 68.1. The van der Waals surface area contributed by atoms with Gasteiger partial charge in [0.2, 0.25) is 0 Å². The number of carbonyl (C=O) groups is 4. The number of carbonyl (C=O) groups excluding carboxylic acids is 4. The molecule has 516 valence electrons. The van der Waals surface area contributed by atoms with E-state index in [2.05, 4.69) is 55.4 Å². The summed E-state index contributed by atoms with van der Waals surface area (Å²) in [5.41, 5.74) is 0. The molecule has 0 aromatic heterocycles. The largest absolute Gasteiger partial charge is 0.472 e. The minimum atomic E-state index is -4.95. The summed E-state index contributed by atoms with van der Waals surface area (Å²) in [4.78, 5) is 72.3. The molecule has 87 heavy (non-hydrogen) atoms. The molecule has 0 fully saturated rings. The van der Waals surface area contributed by atoms with Crippen LogP contribution in [-0.2, 0) is 65.4 Å². The van der Waals surface area contributed by atoms with E-state index in [1.807, 2.05) is 0 Å². The third-order valence-electron chi connectivity index (χ3n) is 16.7. The van der Waals surface area contributed by atoms with Gasteiger partial charge in [0, 0.05) is 25.7 Å². The fourth-order valence-electron chi connectivity index (χ4n) is 10.0. The van der Waals surface area contributed by atoms with E-state index in [0.717, 1.165) is 114 Å².